The Morgan fingerprint density at radius 3 is 2.85 bits per heavy atom. The summed E-state index contributed by atoms with van der Waals surface area (Å²) in [4.78, 5) is 0. The molecule has 0 radical (unpaired) electrons. The van der Waals surface area contributed by atoms with Gasteiger partial charge in [-0.3, -0.25) is 0 Å². The summed E-state index contributed by atoms with van der Waals surface area (Å²) in [5.74, 6) is 1.09. The Hall–Kier alpha value is -1.11. The molecule has 0 saturated heterocycles. The van der Waals surface area contributed by atoms with Gasteiger partial charge in [-0.05, 0) is 29.7 Å². The summed E-state index contributed by atoms with van der Waals surface area (Å²) < 4.78 is 0. The number of hydrogen-bond acceptors (Lipinski definition) is 1. The molecular weight excluding hydrogens is 158 g/mol. The van der Waals surface area contributed by atoms with E-state index in [0.29, 0.717) is 11.8 Å². The lowest BCUT2D eigenvalue weighted by atomic mass is 9.97. The zero-order chi connectivity index (χ0) is 9.84. The van der Waals surface area contributed by atoms with Crippen LogP contribution in [-0.4, -0.2) is 6.21 Å². The number of nitrogens with one attached hydrogen (secondary N) is 1. The van der Waals surface area contributed by atoms with Crippen molar-refractivity contribution >= 4 is 6.21 Å². The first-order valence-electron chi connectivity index (χ1n) is 4.74. The molecule has 0 aliphatic heterocycles. The van der Waals surface area contributed by atoms with Crippen molar-refractivity contribution in [3.63, 3.8) is 0 Å². The van der Waals surface area contributed by atoms with E-state index in [4.69, 9.17) is 5.41 Å². The van der Waals surface area contributed by atoms with E-state index >= 15 is 0 Å². The smallest absolute Gasteiger partial charge is 0.00732 e. The zero-order valence-corrected chi connectivity index (χ0v) is 8.38. The predicted molar refractivity (Wildman–Crippen MR) is 58.1 cm³/mol. The summed E-state index contributed by atoms with van der Waals surface area (Å²) in [5.41, 5.74) is 2.79. The fourth-order valence-corrected chi connectivity index (χ4v) is 1.55. The Bertz CT molecular complexity index is 269. The maximum Gasteiger partial charge on any atom is 0.00732 e. The van der Waals surface area contributed by atoms with E-state index in [1.54, 1.807) is 0 Å². The molecule has 0 fully saturated rings. The molecule has 0 bridgehead atoms. The van der Waals surface area contributed by atoms with Gasteiger partial charge in [-0.2, -0.15) is 0 Å². The lowest BCUT2D eigenvalue weighted by Gasteiger charge is -2.08. The minimum absolute atomic E-state index is 0.533. The molecule has 1 nitrogen and oxygen atoms in total. The third-order valence-corrected chi connectivity index (χ3v) is 2.30. The van der Waals surface area contributed by atoms with Crippen molar-refractivity contribution in [3.8, 4) is 0 Å². The topological polar surface area (TPSA) is 23.9 Å². The SMILES string of the molecule is C=C/C=C(\C1=CC1CC=N)C(C)C. The summed E-state index contributed by atoms with van der Waals surface area (Å²) in [6, 6.07) is 0. The highest BCUT2D eigenvalue weighted by Gasteiger charge is 2.27. The fourth-order valence-electron chi connectivity index (χ4n) is 1.55. The quantitative estimate of drug-likeness (QED) is 0.489. The van der Waals surface area contributed by atoms with Crippen LogP contribution in [0.5, 0.6) is 0 Å². The number of rotatable bonds is 5. The van der Waals surface area contributed by atoms with Crippen molar-refractivity contribution in [1.29, 1.82) is 5.41 Å². The monoisotopic (exact) mass is 175 g/mol. The molecule has 13 heavy (non-hydrogen) atoms. The lowest BCUT2D eigenvalue weighted by Crippen LogP contribution is -1.95. The third kappa shape index (κ3) is 2.41. The molecule has 0 aromatic rings. The molecule has 0 heterocycles. The van der Waals surface area contributed by atoms with Gasteiger partial charge in [0.05, 0.1) is 0 Å². The van der Waals surface area contributed by atoms with E-state index in [9.17, 15) is 0 Å². The molecule has 0 aromatic carbocycles. The van der Waals surface area contributed by atoms with Crippen LogP contribution in [-0.2, 0) is 0 Å². The second kappa shape index (κ2) is 4.22. The highest BCUT2D eigenvalue weighted by atomic mass is 14.4. The summed E-state index contributed by atoms with van der Waals surface area (Å²) in [7, 11) is 0. The van der Waals surface area contributed by atoms with E-state index in [-0.39, 0.29) is 0 Å². The fraction of sp³-hybridized carbons (Fsp3) is 0.417. The Morgan fingerprint density at radius 2 is 2.38 bits per heavy atom. The highest BCUT2D eigenvalue weighted by Crippen LogP contribution is 2.40. The molecule has 1 rings (SSSR count). The maximum atomic E-state index is 7.02. The van der Waals surface area contributed by atoms with Gasteiger partial charge in [0.15, 0.2) is 0 Å². The van der Waals surface area contributed by atoms with Crippen LogP contribution in [0.15, 0.2) is 36.0 Å². The van der Waals surface area contributed by atoms with Crippen LogP contribution in [0.1, 0.15) is 20.3 Å². The van der Waals surface area contributed by atoms with Crippen LogP contribution in [0.4, 0.5) is 0 Å². The molecule has 1 unspecified atom stereocenters. The van der Waals surface area contributed by atoms with Crippen LogP contribution in [0.25, 0.3) is 0 Å². The van der Waals surface area contributed by atoms with Crippen LogP contribution >= 0.6 is 0 Å². The average Bonchev–Trinajstić information content (AvgIpc) is 2.80. The molecule has 1 atom stereocenters. The summed E-state index contributed by atoms with van der Waals surface area (Å²) in [6.45, 7) is 8.10. The van der Waals surface area contributed by atoms with Crippen molar-refractivity contribution in [2.24, 2.45) is 11.8 Å². The molecule has 0 saturated carbocycles. The van der Waals surface area contributed by atoms with E-state index < -0.39 is 0 Å². The Kier molecular flexibility index (Phi) is 3.24. The maximum absolute atomic E-state index is 7.02. The minimum atomic E-state index is 0.533. The number of hydrogen-bond donors (Lipinski definition) is 1. The standard InChI is InChI=1S/C12H17N/c1-4-5-11(9(2)3)12-8-10(12)6-7-13/h4-5,7-10,13H,1,6H2,2-3H3/b11-5-,13-7?. The van der Waals surface area contributed by atoms with Crippen LogP contribution < -0.4 is 0 Å². The molecule has 0 spiro atoms. The minimum Gasteiger partial charge on any atom is -0.313 e. The largest absolute Gasteiger partial charge is 0.313 e. The van der Waals surface area contributed by atoms with Gasteiger partial charge in [0.1, 0.15) is 0 Å². The Balaban J connectivity index is 2.60. The van der Waals surface area contributed by atoms with Crippen LogP contribution in [0, 0.1) is 17.2 Å². The molecule has 0 amide bonds. The highest BCUT2D eigenvalue weighted by molar-refractivity contribution is 5.60. The molecule has 1 heteroatoms. The Morgan fingerprint density at radius 1 is 1.69 bits per heavy atom. The Labute approximate surface area is 80.4 Å². The normalized spacial score (nSPS) is 21.3. The molecule has 1 aliphatic rings. The summed E-state index contributed by atoms with van der Waals surface area (Å²) in [5, 5.41) is 7.02. The molecular formula is C12H17N. The van der Waals surface area contributed by atoms with Crippen molar-refractivity contribution in [2.75, 3.05) is 0 Å². The van der Waals surface area contributed by atoms with Gasteiger partial charge < -0.3 is 5.41 Å². The van der Waals surface area contributed by atoms with Gasteiger partial charge in [0, 0.05) is 5.92 Å². The van der Waals surface area contributed by atoms with Crippen LogP contribution in [0.3, 0.4) is 0 Å². The second-order valence-corrected chi connectivity index (χ2v) is 3.68. The predicted octanol–water partition coefficient (Wildman–Crippen LogP) is 3.35. The first kappa shape index (κ1) is 9.97. The van der Waals surface area contributed by atoms with Gasteiger partial charge in [-0.25, -0.2) is 0 Å². The van der Waals surface area contributed by atoms with Gasteiger partial charge in [-0.15, -0.1) is 0 Å². The van der Waals surface area contributed by atoms with Gasteiger partial charge in [-0.1, -0.05) is 38.7 Å². The third-order valence-electron chi connectivity index (χ3n) is 2.30. The molecule has 0 aromatic heterocycles. The first-order valence-corrected chi connectivity index (χ1v) is 4.74. The van der Waals surface area contributed by atoms with E-state index in [0.717, 1.165) is 6.42 Å². The van der Waals surface area contributed by atoms with E-state index in [2.05, 4.69) is 32.6 Å². The van der Waals surface area contributed by atoms with Crippen molar-refractivity contribution < 1.29 is 0 Å². The zero-order valence-electron chi connectivity index (χ0n) is 8.38. The molecule has 1 aliphatic carbocycles. The number of allylic oxidation sites excluding steroid dienone is 5. The van der Waals surface area contributed by atoms with Crippen molar-refractivity contribution in [1.82, 2.24) is 0 Å². The average molecular weight is 175 g/mol. The van der Waals surface area contributed by atoms with E-state index in [1.807, 2.05) is 6.08 Å². The van der Waals surface area contributed by atoms with Gasteiger partial charge in [0.2, 0.25) is 0 Å². The lowest BCUT2D eigenvalue weighted by molar-refractivity contribution is 0.767. The first-order chi connectivity index (χ1) is 6.20. The van der Waals surface area contributed by atoms with E-state index in [1.165, 1.54) is 17.4 Å². The van der Waals surface area contributed by atoms with Crippen LogP contribution in [0.2, 0.25) is 0 Å². The summed E-state index contributed by atoms with van der Waals surface area (Å²) >= 11 is 0. The van der Waals surface area contributed by atoms with Crippen molar-refractivity contribution in [3.05, 3.63) is 36.0 Å². The molecule has 1 N–H and O–H groups in total. The second-order valence-electron chi connectivity index (χ2n) is 3.68. The van der Waals surface area contributed by atoms with Gasteiger partial charge in [0.25, 0.3) is 0 Å². The van der Waals surface area contributed by atoms with Gasteiger partial charge >= 0.3 is 0 Å². The molecule has 70 valence electrons. The van der Waals surface area contributed by atoms with Crippen molar-refractivity contribution in [2.45, 2.75) is 20.3 Å². The summed E-state index contributed by atoms with van der Waals surface area (Å²) in [6.07, 6.45) is 8.51.